The molecule has 0 bridgehead atoms. The molecule has 2 rings (SSSR count). The zero-order valence-corrected chi connectivity index (χ0v) is 10.4. The summed E-state index contributed by atoms with van der Waals surface area (Å²) in [4.78, 5) is 19.3. The van der Waals surface area contributed by atoms with Crippen molar-refractivity contribution in [2.45, 2.75) is 38.8 Å². The average Bonchev–Trinajstić information content (AvgIpc) is 2.36. The Hall–Kier alpha value is -1.20. The molecule has 2 N–H and O–H groups in total. The van der Waals surface area contributed by atoms with E-state index in [0.717, 1.165) is 37.1 Å². The third kappa shape index (κ3) is 2.56. The van der Waals surface area contributed by atoms with Crippen LogP contribution in [0.25, 0.3) is 0 Å². The van der Waals surface area contributed by atoms with E-state index in [2.05, 4.69) is 22.2 Å². The first kappa shape index (κ1) is 12.3. The normalized spacial score (nSPS) is 16.6. The van der Waals surface area contributed by atoms with Crippen molar-refractivity contribution in [2.24, 2.45) is 0 Å². The predicted octanol–water partition coefficient (Wildman–Crippen LogP) is 0.903. The van der Waals surface area contributed by atoms with Gasteiger partial charge in [-0.15, -0.1) is 0 Å². The van der Waals surface area contributed by atoms with Gasteiger partial charge in [0.1, 0.15) is 11.9 Å². The number of nitrogens with one attached hydrogen (secondary N) is 2. The minimum atomic E-state index is -0.104. The largest absolute Gasteiger partial charge is 0.374 e. The molecule has 1 aliphatic heterocycles. The van der Waals surface area contributed by atoms with E-state index in [-0.39, 0.29) is 11.7 Å². The first-order valence-electron chi connectivity index (χ1n) is 6.11. The quantitative estimate of drug-likeness (QED) is 0.816. The molecular weight excluding hydrogens is 218 g/mol. The number of nitrogens with zero attached hydrogens (tertiary/aromatic N) is 1. The fourth-order valence-electron chi connectivity index (χ4n) is 2.15. The molecule has 0 saturated heterocycles. The zero-order valence-electron chi connectivity index (χ0n) is 10.4. The summed E-state index contributed by atoms with van der Waals surface area (Å²) in [5, 5.41) is 3.18. The summed E-state index contributed by atoms with van der Waals surface area (Å²) in [7, 11) is 1.65. The molecule has 0 amide bonds. The van der Waals surface area contributed by atoms with E-state index in [0.29, 0.717) is 12.4 Å². The second-order valence-electron chi connectivity index (χ2n) is 4.32. The van der Waals surface area contributed by atoms with E-state index >= 15 is 0 Å². The lowest BCUT2D eigenvalue weighted by Crippen LogP contribution is -2.32. The van der Waals surface area contributed by atoms with Crippen LogP contribution < -0.4 is 10.9 Å². The summed E-state index contributed by atoms with van der Waals surface area (Å²) in [6.45, 7) is 3.59. The maximum absolute atomic E-state index is 11.9. The third-order valence-electron chi connectivity index (χ3n) is 3.10. The standard InChI is InChI=1S/C12H19N3O2/c1-3-4-10(17-2)11-14-9-5-6-13-7-8(9)12(16)15-11/h10,13H,3-7H2,1-2H3,(H,14,15,16). The fraction of sp³-hybridized carbons (Fsp3) is 0.667. The number of fused-ring (bicyclic) bond motifs is 1. The Morgan fingerprint density at radius 2 is 2.35 bits per heavy atom. The molecule has 0 fully saturated rings. The first-order chi connectivity index (χ1) is 8.26. The maximum Gasteiger partial charge on any atom is 0.255 e. The summed E-state index contributed by atoms with van der Waals surface area (Å²) in [6.07, 6.45) is 2.58. The number of hydrogen-bond donors (Lipinski definition) is 2. The Labute approximate surface area is 101 Å². The maximum atomic E-state index is 11.9. The monoisotopic (exact) mass is 237 g/mol. The highest BCUT2D eigenvalue weighted by atomic mass is 16.5. The lowest BCUT2D eigenvalue weighted by atomic mass is 10.1. The molecular formula is C12H19N3O2. The topological polar surface area (TPSA) is 67.0 Å². The van der Waals surface area contributed by atoms with Gasteiger partial charge in [-0.1, -0.05) is 13.3 Å². The summed E-state index contributed by atoms with van der Waals surface area (Å²) in [5.41, 5.74) is 1.65. The van der Waals surface area contributed by atoms with Gasteiger partial charge in [-0.2, -0.15) is 0 Å². The van der Waals surface area contributed by atoms with Gasteiger partial charge in [-0.25, -0.2) is 4.98 Å². The van der Waals surface area contributed by atoms with Crippen LogP contribution in [-0.4, -0.2) is 23.6 Å². The zero-order chi connectivity index (χ0) is 12.3. The predicted molar refractivity (Wildman–Crippen MR) is 64.9 cm³/mol. The molecule has 0 radical (unpaired) electrons. The van der Waals surface area contributed by atoms with Crippen LogP contribution in [0.2, 0.25) is 0 Å². The van der Waals surface area contributed by atoms with Crippen molar-refractivity contribution in [1.29, 1.82) is 0 Å². The third-order valence-corrected chi connectivity index (χ3v) is 3.10. The molecule has 5 heteroatoms. The number of H-pyrrole nitrogens is 1. The molecule has 1 atom stereocenters. The van der Waals surface area contributed by atoms with E-state index in [1.165, 1.54) is 0 Å². The summed E-state index contributed by atoms with van der Waals surface area (Å²) in [6, 6.07) is 0. The van der Waals surface area contributed by atoms with Crippen molar-refractivity contribution in [1.82, 2.24) is 15.3 Å². The van der Waals surface area contributed by atoms with Gasteiger partial charge in [0.05, 0.1) is 11.3 Å². The number of aromatic nitrogens is 2. The number of aromatic amines is 1. The second kappa shape index (κ2) is 5.42. The van der Waals surface area contributed by atoms with Crippen LogP contribution in [0.1, 0.15) is 43.0 Å². The van der Waals surface area contributed by atoms with Crippen LogP contribution in [0.3, 0.4) is 0 Å². The minimum absolute atomic E-state index is 0.0321. The van der Waals surface area contributed by atoms with Crippen LogP contribution in [-0.2, 0) is 17.7 Å². The van der Waals surface area contributed by atoms with Crippen molar-refractivity contribution in [3.63, 3.8) is 0 Å². The van der Waals surface area contributed by atoms with Crippen molar-refractivity contribution in [3.05, 3.63) is 27.4 Å². The second-order valence-corrected chi connectivity index (χ2v) is 4.32. The fourth-order valence-corrected chi connectivity index (χ4v) is 2.15. The highest BCUT2D eigenvalue weighted by Crippen LogP contribution is 2.18. The van der Waals surface area contributed by atoms with E-state index in [1.54, 1.807) is 7.11 Å². The Kier molecular flexibility index (Phi) is 3.91. The summed E-state index contributed by atoms with van der Waals surface area (Å²) < 4.78 is 5.37. The first-order valence-corrected chi connectivity index (χ1v) is 6.11. The van der Waals surface area contributed by atoms with Gasteiger partial charge in [0.15, 0.2) is 0 Å². The Balaban J connectivity index is 2.36. The van der Waals surface area contributed by atoms with Gasteiger partial charge < -0.3 is 15.0 Å². The van der Waals surface area contributed by atoms with Gasteiger partial charge in [0.2, 0.25) is 0 Å². The SMILES string of the molecule is CCCC(OC)c1nc2c(c(=O)[nH]1)CNCC2. The minimum Gasteiger partial charge on any atom is -0.374 e. The van der Waals surface area contributed by atoms with Crippen LogP contribution >= 0.6 is 0 Å². The van der Waals surface area contributed by atoms with Gasteiger partial charge in [0.25, 0.3) is 5.56 Å². The van der Waals surface area contributed by atoms with E-state index in [1.807, 2.05) is 0 Å². The van der Waals surface area contributed by atoms with Gasteiger partial charge >= 0.3 is 0 Å². The number of hydrogen-bond acceptors (Lipinski definition) is 4. The van der Waals surface area contributed by atoms with Gasteiger partial charge in [0, 0.05) is 26.6 Å². The Bertz CT molecular complexity index is 442. The van der Waals surface area contributed by atoms with Crippen molar-refractivity contribution < 1.29 is 4.74 Å². The van der Waals surface area contributed by atoms with Crippen molar-refractivity contribution in [3.8, 4) is 0 Å². The molecule has 5 nitrogen and oxygen atoms in total. The van der Waals surface area contributed by atoms with E-state index < -0.39 is 0 Å². The van der Waals surface area contributed by atoms with Crippen LogP contribution in [0, 0.1) is 0 Å². The Morgan fingerprint density at radius 3 is 3.06 bits per heavy atom. The number of methoxy groups -OCH3 is 1. The molecule has 1 aliphatic rings. The summed E-state index contributed by atoms with van der Waals surface area (Å²) >= 11 is 0. The molecule has 2 heterocycles. The average molecular weight is 237 g/mol. The van der Waals surface area contributed by atoms with E-state index in [4.69, 9.17) is 4.74 Å². The van der Waals surface area contributed by atoms with Gasteiger partial charge in [-0.3, -0.25) is 4.79 Å². The highest BCUT2D eigenvalue weighted by Gasteiger charge is 2.19. The molecule has 0 aromatic carbocycles. The molecule has 1 aromatic rings. The van der Waals surface area contributed by atoms with E-state index in [9.17, 15) is 4.79 Å². The van der Waals surface area contributed by atoms with Crippen molar-refractivity contribution >= 4 is 0 Å². The van der Waals surface area contributed by atoms with Crippen LogP contribution in [0.5, 0.6) is 0 Å². The van der Waals surface area contributed by atoms with Crippen LogP contribution in [0.15, 0.2) is 4.79 Å². The molecule has 94 valence electrons. The van der Waals surface area contributed by atoms with Gasteiger partial charge in [-0.05, 0) is 6.42 Å². The molecule has 0 aliphatic carbocycles. The smallest absolute Gasteiger partial charge is 0.255 e. The number of rotatable bonds is 4. The lowest BCUT2D eigenvalue weighted by Gasteiger charge is -2.19. The number of ether oxygens (including phenoxy) is 1. The highest BCUT2D eigenvalue weighted by molar-refractivity contribution is 5.21. The molecule has 0 saturated carbocycles. The molecule has 1 unspecified atom stereocenters. The summed E-state index contributed by atoms with van der Waals surface area (Å²) in [5.74, 6) is 0.667. The molecule has 0 spiro atoms. The molecule has 17 heavy (non-hydrogen) atoms. The van der Waals surface area contributed by atoms with Crippen LogP contribution in [0.4, 0.5) is 0 Å². The lowest BCUT2D eigenvalue weighted by molar-refractivity contribution is 0.0870. The Morgan fingerprint density at radius 1 is 1.53 bits per heavy atom. The van der Waals surface area contributed by atoms with Crippen molar-refractivity contribution in [2.75, 3.05) is 13.7 Å². The molecule has 1 aromatic heterocycles.